The van der Waals surface area contributed by atoms with Gasteiger partial charge in [0.25, 0.3) is 5.91 Å². The highest BCUT2D eigenvalue weighted by molar-refractivity contribution is 6.00. The van der Waals surface area contributed by atoms with Crippen LogP contribution in [-0.4, -0.2) is 264 Å². The number of nitrogens with zero attached hydrogens (tertiary/aromatic N) is 8. The van der Waals surface area contributed by atoms with Gasteiger partial charge in [0, 0.05) is 111 Å². The standard InChI is InChI=1S/C76H128N12O15/c1-24-52-40-63(91)67(68(93)49(14)38-64-80-55-26-25-53(39-56(55)81-64)70(95)78-28-30-103-32-31-102-29-27-77)88(23)76(101)66(48(12)13)87(22)75(100)60(36-46(8)9)86(21)74(99)59(35-45(6)7)85(20)71(96)51(16)79-69(94)50(15)37-61(89)58(34-44(4)5)84(19)73(98)54(47(10)11)41-62(90)57(33-43(2)3)83(18)65(92)42-82(17)72(52)97/h25-26,39,43-52,54,57-60,66-68,93H,24,27-38,40-42,77H2,1-23H3,(H,78,95)(H,79,94)(H,80,81)/t49-,50-,51-,52-,54+,57+,58+,59+,60+,66+,67-,68-/m1/s1. The number of hydrogen-bond donors (Lipinski definition) is 5. The van der Waals surface area contributed by atoms with Gasteiger partial charge in [-0.25, -0.2) is 4.98 Å². The molecule has 3 rings (SSSR count). The van der Waals surface area contributed by atoms with Gasteiger partial charge in [-0.1, -0.05) is 104 Å². The lowest BCUT2D eigenvalue weighted by molar-refractivity contribution is -0.157. The Hall–Kier alpha value is -7.23. The summed E-state index contributed by atoms with van der Waals surface area (Å²) in [7, 11) is 10.1. The molecule has 1 saturated heterocycles. The number of Topliss-reactive ketones (excluding diaryl/α,β-unsaturated/α-hetero) is 3. The first-order valence-electron chi connectivity index (χ1n) is 37.1. The van der Waals surface area contributed by atoms with Crippen LogP contribution in [0.5, 0.6) is 0 Å². The molecule has 1 aromatic carbocycles. The quantitative estimate of drug-likeness (QED) is 0.0820. The number of aromatic nitrogens is 2. The van der Waals surface area contributed by atoms with Crippen LogP contribution in [0, 0.1) is 59.2 Å². The summed E-state index contributed by atoms with van der Waals surface area (Å²) in [5.74, 6) is -11.9. The third-order valence-corrected chi connectivity index (χ3v) is 19.8. The minimum absolute atomic E-state index is 0.0180. The molecular weight excluding hydrogens is 1320 g/mol. The summed E-state index contributed by atoms with van der Waals surface area (Å²) in [6, 6.07) is -3.65. The van der Waals surface area contributed by atoms with Gasteiger partial charge in [-0.15, -0.1) is 0 Å². The second-order valence-electron chi connectivity index (χ2n) is 31.1. The second kappa shape index (κ2) is 42.1. The number of carbonyl (C=O) groups is 12. The van der Waals surface area contributed by atoms with E-state index in [0.717, 1.165) is 4.90 Å². The SMILES string of the molecule is CC[C@@H]1CC(=O)[C@H]([C@H](O)[C@H](C)Cc2nc3ccc(C(=O)NCCOCCOCCN)cc3[nH]2)N(C)C(=O)[C@H](C(C)C)N(C)C(=O)[C@H](CC(C)C)N(C)C(=O)[C@H](CC(C)C)N(C)C(=O)[C@@H](C)NC(=O)[C@H](C)CC(=O)[C@H](CC(C)C)N(C)C(=O)[C@H](C(C)C)CC(=O)[C@H](CC(C)C)N(C)C(=O)CN(C)C1=O. The average molecular weight is 1450 g/mol. The number of likely N-dealkylation sites (N-methyl/N-ethyl adjacent to an activating group) is 7. The Kier molecular flexibility index (Phi) is 36.7. The largest absolute Gasteiger partial charge is 0.390 e. The minimum atomic E-state index is -1.66. The Labute approximate surface area is 612 Å². The number of nitrogens with two attached hydrogens (primary N) is 1. The van der Waals surface area contributed by atoms with Crippen LogP contribution in [0.25, 0.3) is 11.0 Å². The first-order valence-corrected chi connectivity index (χ1v) is 37.1. The third kappa shape index (κ3) is 25.8. The Bertz CT molecular complexity index is 3190. The van der Waals surface area contributed by atoms with Crippen LogP contribution in [0.4, 0.5) is 0 Å². The molecule has 582 valence electrons. The molecule has 1 aromatic heterocycles. The highest BCUT2D eigenvalue weighted by atomic mass is 16.5. The maximum atomic E-state index is 15.6. The molecule has 2 heterocycles. The lowest BCUT2D eigenvalue weighted by atomic mass is 9.84. The highest BCUT2D eigenvalue weighted by Gasteiger charge is 2.46. The summed E-state index contributed by atoms with van der Waals surface area (Å²) in [4.78, 5) is 194. The van der Waals surface area contributed by atoms with Crippen molar-refractivity contribution in [2.45, 2.75) is 217 Å². The molecule has 0 bridgehead atoms. The number of aliphatic hydroxyl groups is 1. The number of ketones is 3. The second-order valence-corrected chi connectivity index (χ2v) is 31.1. The molecular formula is C76H128N12O15. The summed E-state index contributed by atoms with van der Waals surface area (Å²) >= 11 is 0. The molecule has 103 heavy (non-hydrogen) atoms. The van der Waals surface area contributed by atoms with E-state index in [0.29, 0.717) is 48.8 Å². The predicted octanol–water partition coefficient (Wildman–Crippen LogP) is 5.42. The molecule has 12 atom stereocenters. The summed E-state index contributed by atoms with van der Waals surface area (Å²) in [6.45, 7) is 30.0. The van der Waals surface area contributed by atoms with Crippen LogP contribution >= 0.6 is 0 Å². The molecule has 0 unspecified atom stereocenters. The zero-order valence-electron chi connectivity index (χ0n) is 66.3. The van der Waals surface area contributed by atoms with Crippen molar-refractivity contribution in [1.29, 1.82) is 0 Å². The van der Waals surface area contributed by atoms with Gasteiger partial charge in [0.15, 0.2) is 17.3 Å². The molecule has 0 saturated carbocycles. The lowest BCUT2D eigenvalue weighted by Crippen LogP contribution is -2.62. The smallest absolute Gasteiger partial charge is 0.251 e. The molecule has 27 nitrogen and oxygen atoms in total. The number of ether oxygens (including phenoxy) is 2. The number of H-pyrrole nitrogens is 1. The molecule has 0 spiro atoms. The van der Waals surface area contributed by atoms with Gasteiger partial charge < -0.3 is 70.2 Å². The predicted molar refractivity (Wildman–Crippen MR) is 395 cm³/mol. The van der Waals surface area contributed by atoms with Gasteiger partial charge in [0.05, 0.1) is 62.2 Å². The fourth-order valence-corrected chi connectivity index (χ4v) is 13.5. The number of hydrogen-bond acceptors (Lipinski definition) is 17. The molecule has 27 heteroatoms. The van der Waals surface area contributed by atoms with Crippen molar-refractivity contribution >= 4 is 81.5 Å². The maximum Gasteiger partial charge on any atom is 0.251 e. The summed E-state index contributed by atoms with van der Waals surface area (Å²) < 4.78 is 10.9. The average Bonchev–Trinajstić information content (AvgIpc) is 1.38. The van der Waals surface area contributed by atoms with Crippen molar-refractivity contribution in [3.8, 4) is 0 Å². The van der Waals surface area contributed by atoms with Crippen LogP contribution in [0.15, 0.2) is 18.2 Å². The normalized spacial score (nSPS) is 24.4. The number of nitrogens with one attached hydrogen (secondary N) is 3. The van der Waals surface area contributed by atoms with Crippen LogP contribution in [-0.2, 0) is 68.6 Å². The zero-order valence-corrected chi connectivity index (χ0v) is 66.3. The number of fused-ring (bicyclic) bond motifs is 1. The Morgan fingerprint density at radius 3 is 1.60 bits per heavy atom. The van der Waals surface area contributed by atoms with E-state index in [4.69, 9.17) is 20.2 Å². The zero-order chi connectivity index (χ0) is 78.3. The van der Waals surface area contributed by atoms with Gasteiger partial charge >= 0.3 is 0 Å². The first-order chi connectivity index (χ1) is 48.0. The number of imidazole rings is 1. The lowest BCUT2D eigenvalue weighted by Gasteiger charge is -2.41. The van der Waals surface area contributed by atoms with Crippen LogP contribution in [0.3, 0.4) is 0 Å². The van der Waals surface area contributed by atoms with Gasteiger partial charge in [-0.2, -0.15) is 0 Å². The fourth-order valence-electron chi connectivity index (χ4n) is 13.5. The van der Waals surface area contributed by atoms with E-state index >= 15 is 19.2 Å². The Morgan fingerprint density at radius 2 is 1.08 bits per heavy atom. The minimum Gasteiger partial charge on any atom is -0.390 e. The maximum absolute atomic E-state index is 15.6. The van der Waals surface area contributed by atoms with Crippen molar-refractivity contribution in [1.82, 2.24) is 54.9 Å². The Balaban J connectivity index is 2.29. The van der Waals surface area contributed by atoms with Crippen molar-refractivity contribution in [3.05, 3.63) is 29.6 Å². The number of aromatic amines is 1. The summed E-state index contributed by atoms with van der Waals surface area (Å²) in [6.07, 6.45) is -1.95. The number of benzene rings is 1. The number of aliphatic hydroxyl groups excluding tert-OH is 1. The first kappa shape index (κ1) is 90.0. The van der Waals surface area contributed by atoms with E-state index in [1.54, 1.807) is 66.7 Å². The Morgan fingerprint density at radius 1 is 0.583 bits per heavy atom. The van der Waals surface area contributed by atoms with Crippen molar-refractivity contribution in [2.24, 2.45) is 64.9 Å². The van der Waals surface area contributed by atoms with E-state index in [9.17, 15) is 43.5 Å². The van der Waals surface area contributed by atoms with Gasteiger partial charge in [0.1, 0.15) is 36.0 Å². The molecule has 2 aromatic rings. The molecule has 6 N–H and O–H groups in total. The van der Waals surface area contributed by atoms with E-state index in [1.807, 2.05) is 55.4 Å². The third-order valence-electron chi connectivity index (χ3n) is 19.8. The summed E-state index contributed by atoms with van der Waals surface area (Å²) in [5, 5.41) is 18.3. The van der Waals surface area contributed by atoms with Crippen LogP contribution in [0.1, 0.15) is 178 Å². The molecule has 9 amide bonds. The van der Waals surface area contributed by atoms with E-state index in [-0.39, 0.29) is 94.1 Å². The van der Waals surface area contributed by atoms with Gasteiger partial charge in [0.2, 0.25) is 47.3 Å². The molecule has 1 fully saturated rings. The van der Waals surface area contributed by atoms with E-state index in [1.165, 1.54) is 85.7 Å². The molecule has 1 aliphatic heterocycles. The highest BCUT2D eigenvalue weighted by Crippen LogP contribution is 2.30. The van der Waals surface area contributed by atoms with Crippen molar-refractivity contribution < 1.29 is 72.1 Å². The topological polar surface area (TPSA) is 345 Å². The number of rotatable bonds is 24. The fraction of sp³-hybridized carbons (Fsp3) is 0.750. The molecule has 0 radical (unpaired) electrons. The van der Waals surface area contributed by atoms with E-state index in [2.05, 4.69) is 15.6 Å². The molecule has 0 aliphatic carbocycles. The van der Waals surface area contributed by atoms with Crippen molar-refractivity contribution in [3.63, 3.8) is 0 Å². The summed E-state index contributed by atoms with van der Waals surface area (Å²) in [5.41, 5.74) is 6.82. The van der Waals surface area contributed by atoms with E-state index < -0.39 is 161 Å². The van der Waals surface area contributed by atoms with Crippen LogP contribution in [0.2, 0.25) is 0 Å². The monoisotopic (exact) mass is 1450 g/mol. The van der Waals surface area contributed by atoms with Crippen LogP contribution < -0.4 is 16.4 Å². The molecule has 1 aliphatic rings. The van der Waals surface area contributed by atoms with Gasteiger partial charge in [-0.05, 0) is 98.7 Å². The van der Waals surface area contributed by atoms with Gasteiger partial charge in [-0.3, -0.25) is 57.5 Å². The number of carbonyl (C=O) groups excluding carboxylic acids is 12. The van der Waals surface area contributed by atoms with Crippen molar-refractivity contribution in [2.75, 3.05) is 95.4 Å². The number of amides is 9.